The first kappa shape index (κ1) is 18.1. The third kappa shape index (κ3) is 4.70. The van der Waals surface area contributed by atoms with Gasteiger partial charge in [-0.1, -0.05) is 48.5 Å². The lowest BCUT2D eigenvalue weighted by atomic mass is 10.0. The maximum absolute atomic E-state index is 12.5. The summed E-state index contributed by atoms with van der Waals surface area (Å²) in [5.41, 5.74) is 7.80. The highest BCUT2D eigenvalue weighted by Gasteiger charge is 2.25. The summed E-state index contributed by atoms with van der Waals surface area (Å²) in [6.45, 7) is 1.29. The number of carbonyl (C=O) groups excluding carboxylic acids is 2. The van der Waals surface area contributed by atoms with Gasteiger partial charge in [0.2, 0.25) is 5.91 Å². The lowest BCUT2D eigenvalue weighted by Crippen LogP contribution is -2.51. The topological polar surface area (TPSA) is 75.4 Å². The molecular weight excluding hydrogens is 326 g/mol. The molecule has 26 heavy (non-hydrogen) atoms. The van der Waals surface area contributed by atoms with Crippen LogP contribution in [0.15, 0.2) is 60.7 Å². The first-order valence-electron chi connectivity index (χ1n) is 9.07. The molecular formula is C21H25N3O2. The quantitative estimate of drug-likeness (QED) is 0.865. The van der Waals surface area contributed by atoms with Crippen LogP contribution in [0.1, 0.15) is 28.8 Å². The van der Waals surface area contributed by atoms with E-state index in [1.165, 1.54) is 0 Å². The number of benzene rings is 2. The standard InChI is InChI=1S/C21H25N3O2/c22-19(15-16-7-3-1-4-8-16)20(25)23-18-11-13-24(14-12-18)21(26)17-9-5-2-6-10-17/h1-10,18-19H,11-15,22H2,(H,23,25)/t19-/m0/s1. The van der Waals surface area contributed by atoms with E-state index < -0.39 is 6.04 Å². The van der Waals surface area contributed by atoms with Crippen LogP contribution >= 0.6 is 0 Å². The Hall–Kier alpha value is -2.66. The molecule has 0 saturated carbocycles. The molecule has 1 aliphatic rings. The van der Waals surface area contributed by atoms with Crippen LogP contribution in [0, 0.1) is 0 Å². The lowest BCUT2D eigenvalue weighted by Gasteiger charge is -2.33. The van der Waals surface area contributed by atoms with Gasteiger partial charge in [0.05, 0.1) is 6.04 Å². The molecule has 2 amide bonds. The van der Waals surface area contributed by atoms with Crippen LogP contribution in [-0.4, -0.2) is 41.9 Å². The Morgan fingerprint density at radius 2 is 1.58 bits per heavy atom. The molecule has 0 bridgehead atoms. The van der Waals surface area contributed by atoms with E-state index in [2.05, 4.69) is 5.32 Å². The minimum atomic E-state index is -0.554. The lowest BCUT2D eigenvalue weighted by molar-refractivity contribution is -0.123. The Balaban J connectivity index is 1.46. The van der Waals surface area contributed by atoms with Crippen LogP contribution in [-0.2, 0) is 11.2 Å². The summed E-state index contributed by atoms with van der Waals surface area (Å²) in [5, 5.41) is 3.04. The van der Waals surface area contributed by atoms with Crippen molar-refractivity contribution in [2.24, 2.45) is 5.73 Å². The number of hydrogen-bond acceptors (Lipinski definition) is 3. The van der Waals surface area contributed by atoms with Gasteiger partial charge in [-0.15, -0.1) is 0 Å². The van der Waals surface area contributed by atoms with Crippen molar-refractivity contribution in [3.05, 3.63) is 71.8 Å². The molecule has 1 heterocycles. The molecule has 3 N–H and O–H groups in total. The third-order valence-electron chi connectivity index (χ3n) is 4.78. The van der Waals surface area contributed by atoms with Crippen molar-refractivity contribution in [2.75, 3.05) is 13.1 Å². The minimum Gasteiger partial charge on any atom is -0.352 e. The zero-order valence-corrected chi connectivity index (χ0v) is 14.8. The van der Waals surface area contributed by atoms with Crippen LogP contribution in [0.3, 0.4) is 0 Å². The number of nitrogens with one attached hydrogen (secondary N) is 1. The van der Waals surface area contributed by atoms with Gasteiger partial charge in [-0.05, 0) is 37.0 Å². The van der Waals surface area contributed by atoms with Crippen molar-refractivity contribution in [3.63, 3.8) is 0 Å². The maximum atomic E-state index is 12.5. The number of likely N-dealkylation sites (tertiary alicyclic amines) is 1. The molecule has 0 unspecified atom stereocenters. The average Bonchev–Trinajstić information content (AvgIpc) is 2.69. The van der Waals surface area contributed by atoms with Crippen LogP contribution in [0.4, 0.5) is 0 Å². The molecule has 5 heteroatoms. The zero-order valence-electron chi connectivity index (χ0n) is 14.8. The molecule has 1 aliphatic heterocycles. The first-order chi connectivity index (χ1) is 12.6. The van der Waals surface area contributed by atoms with E-state index in [4.69, 9.17) is 5.73 Å². The molecule has 0 radical (unpaired) electrons. The molecule has 1 saturated heterocycles. The van der Waals surface area contributed by atoms with Crippen LogP contribution in [0.5, 0.6) is 0 Å². The zero-order chi connectivity index (χ0) is 18.4. The number of piperidine rings is 1. The Labute approximate surface area is 154 Å². The highest BCUT2D eigenvalue weighted by Crippen LogP contribution is 2.14. The predicted molar refractivity (Wildman–Crippen MR) is 102 cm³/mol. The molecule has 2 aromatic carbocycles. The normalized spacial score (nSPS) is 16.1. The van der Waals surface area contributed by atoms with Crippen molar-refractivity contribution in [3.8, 4) is 0 Å². The second-order valence-corrected chi connectivity index (χ2v) is 6.74. The Kier molecular flexibility index (Phi) is 6.02. The van der Waals surface area contributed by atoms with Gasteiger partial charge >= 0.3 is 0 Å². The van der Waals surface area contributed by atoms with E-state index >= 15 is 0 Å². The Bertz CT molecular complexity index is 725. The molecule has 2 aromatic rings. The smallest absolute Gasteiger partial charge is 0.253 e. The molecule has 3 rings (SSSR count). The minimum absolute atomic E-state index is 0.0520. The van der Waals surface area contributed by atoms with E-state index in [9.17, 15) is 9.59 Å². The average molecular weight is 351 g/mol. The molecule has 0 aromatic heterocycles. The molecule has 1 fully saturated rings. The molecule has 136 valence electrons. The summed E-state index contributed by atoms with van der Waals surface area (Å²) in [5.74, 6) is -0.0714. The molecule has 1 atom stereocenters. The van der Waals surface area contributed by atoms with E-state index in [0.29, 0.717) is 25.1 Å². The summed E-state index contributed by atoms with van der Waals surface area (Å²) in [6, 6.07) is 18.6. The van der Waals surface area contributed by atoms with E-state index in [1.807, 2.05) is 65.6 Å². The van der Waals surface area contributed by atoms with E-state index in [1.54, 1.807) is 0 Å². The number of carbonyl (C=O) groups is 2. The van der Waals surface area contributed by atoms with Gasteiger partial charge in [-0.2, -0.15) is 0 Å². The van der Waals surface area contributed by atoms with Crippen molar-refractivity contribution in [2.45, 2.75) is 31.3 Å². The van der Waals surface area contributed by atoms with Crippen LogP contribution < -0.4 is 11.1 Å². The highest BCUT2D eigenvalue weighted by atomic mass is 16.2. The fraction of sp³-hybridized carbons (Fsp3) is 0.333. The van der Waals surface area contributed by atoms with Gasteiger partial charge in [0.15, 0.2) is 0 Å². The second-order valence-electron chi connectivity index (χ2n) is 6.74. The number of nitrogens with zero attached hydrogens (tertiary/aromatic N) is 1. The predicted octanol–water partition coefficient (Wildman–Crippen LogP) is 1.98. The number of amides is 2. The van der Waals surface area contributed by atoms with E-state index in [0.717, 1.165) is 18.4 Å². The van der Waals surface area contributed by atoms with Crippen molar-refractivity contribution < 1.29 is 9.59 Å². The highest BCUT2D eigenvalue weighted by molar-refractivity contribution is 5.94. The SMILES string of the molecule is N[C@@H](Cc1ccccc1)C(=O)NC1CCN(C(=O)c2ccccc2)CC1. The third-order valence-corrected chi connectivity index (χ3v) is 4.78. The van der Waals surface area contributed by atoms with Gasteiger partial charge in [0.1, 0.15) is 0 Å². The summed E-state index contributed by atoms with van der Waals surface area (Å²) in [4.78, 5) is 26.6. The van der Waals surface area contributed by atoms with Gasteiger partial charge < -0.3 is 16.0 Å². The van der Waals surface area contributed by atoms with Crippen molar-refractivity contribution >= 4 is 11.8 Å². The van der Waals surface area contributed by atoms with Crippen LogP contribution in [0.25, 0.3) is 0 Å². The number of hydrogen-bond donors (Lipinski definition) is 2. The van der Waals surface area contributed by atoms with E-state index in [-0.39, 0.29) is 17.9 Å². The number of rotatable bonds is 5. The second kappa shape index (κ2) is 8.63. The molecule has 0 spiro atoms. The number of nitrogens with two attached hydrogens (primary N) is 1. The summed E-state index contributed by atoms with van der Waals surface area (Å²) < 4.78 is 0. The Morgan fingerprint density at radius 1 is 1.00 bits per heavy atom. The molecule has 5 nitrogen and oxygen atoms in total. The van der Waals surface area contributed by atoms with Crippen molar-refractivity contribution in [1.29, 1.82) is 0 Å². The Morgan fingerprint density at radius 3 is 2.19 bits per heavy atom. The van der Waals surface area contributed by atoms with Gasteiger partial charge in [0, 0.05) is 24.7 Å². The summed E-state index contributed by atoms with van der Waals surface area (Å²) in [6.07, 6.45) is 2.03. The molecule has 0 aliphatic carbocycles. The van der Waals surface area contributed by atoms with Crippen LogP contribution in [0.2, 0.25) is 0 Å². The summed E-state index contributed by atoms with van der Waals surface area (Å²) in [7, 11) is 0. The van der Waals surface area contributed by atoms with Gasteiger partial charge in [-0.25, -0.2) is 0 Å². The first-order valence-corrected chi connectivity index (χ1v) is 9.07. The fourth-order valence-corrected chi connectivity index (χ4v) is 3.26. The maximum Gasteiger partial charge on any atom is 0.253 e. The fourth-order valence-electron chi connectivity index (χ4n) is 3.26. The van der Waals surface area contributed by atoms with Gasteiger partial charge in [0.25, 0.3) is 5.91 Å². The van der Waals surface area contributed by atoms with Gasteiger partial charge in [-0.3, -0.25) is 9.59 Å². The summed E-state index contributed by atoms with van der Waals surface area (Å²) >= 11 is 0. The van der Waals surface area contributed by atoms with Crippen molar-refractivity contribution in [1.82, 2.24) is 10.2 Å². The monoisotopic (exact) mass is 351 g/mol. The largest absolute Gasteiger partial charge is 0.352 e.